The number of aromatic nitrogens is 1. The number of halogens is 1. The molecule has 6 nitrogen and oxygen atoms in total. The van der Waals surface area contributed by atoms with Gasteiger partial charge in [0, 0.05) is 27.7 Å². The summed E-state index contributed by atoms with van der Waals surface area (Å²) in [7, 11) is 0. The van der Waals surface area contributed by atoms with Gasteiger partial charge in [-0.3, -0.25) is 4.79 Å². The van der Waals surface area contributed by atoms with Gasteiger partial charge in [0.25, 0.3) is 5.91 Å². The molecule has 0 saturated heterocycles. The van der Waals surface area contributed by atoms with Gasteiger partial charge >= 0.3 is 5.97 Å². The van der Waals surface area contributed by atoms with Crippen molar-refractivity contribution in [2.45, 2.75) is 13.8 Å². The van der Waals surface area contributed by atoms with Crippen LogP contribution in [0, 0.1) is 6.92 Å². The van der Waals surface area contributed by atoms with Gasteiger partial charge in [0.2, 0.25) is 0 Å². The van der Waals surface area contributed by atoms with E-state index >= 15 is 0 Å². The number of nitrogens with zero attached hydrogens (tertiary/aromatic N) is 1. The molecule has 0 aliphatic heterocycles. The molecule has 0 unspecified atom stereocenters. The average Bonchev–Trinajstić information content (AvgIpc) is 2.85. The first-order chi connectivity index (χ1) is 16.4. The van der Waals surface area contributed by atoms with Crippen molar-refractivity contribution in [2.24, 2.45) is 0 Å². The molecule has 0 fully saturated rings. The van der Waals surface area contributed by atoms with Crippen molar-refractivity contribution in [2.75, 3.05) is 18.5 Å². The summed E-state index contributed by atoms with van der Waals surface area (Å²) in [5, 5.41) is 3.96. The van der Waals surface area contributed by atoms with Crippen LogP contribution in [0.25, 0.3) is 22.2 Å². The molecule has 34 heavy (non-hydrogen) atoms. The van der Waals surface area contributed by atoms with E-state index in [1.807, 2.05) is 43.3 Å². The second kappa shape index (κ2) is 10.4. The summed E-state index contributed by atoms with van der Waals surface area (Å²) in [6, 6.07) is 21.8. The Kier molecular flexibility index (Phi) is 7.09. The molecule has 172 valence electrons. The zero-order valence-corrected chi connectivity index (χ0v) is 19.6. The number of aryl methyl sites for hydroxylation is 1. The van der Waals surface area contributed by atoms with E-state index in [0.717, 1.165) is 11.1 Å². The van der Waals surface area contributed by atoms with E-state index in [0.29, 0.717) is 38.6 Å². The summed E-state index contributed by atoms with van der Waals surface area (Å²) < 4.78 is 11.1. The number of hydrogen-bond acceptors (Lipinski definition) is 5. The minimum atomic E-state index is -0.434. The van der Waals surface area contributed by atoms with Crippen molar-refractivity contribution in [3.63, 3.8) is 0 Å². The van der Waals surface area contributed by atoms with Crippen molar-refractivity contribution in [3.05, 3.63) is 88.9 Å². The Balaban J connectivity index is 1.66. The van der Waals surface area contributed by atoms with Gasteiger partial charge < -0.3 is 14.8 Å². The number of amides is 1. The van der Waals surface area contributed by atoms with Crippen LogP contribution in [0.3, 0.4) is 0 Å². The van der Waals surface area contributed by atoms with Crippen molar-refractivity contribution in [1.82, 2.24) is 4.98 Å². The number of pyridine rings is 1. The van der Waals surface area contributed by atoms with Crippen molar-refractivity contribution in [1.29, 1.82) is 0 Å². The first-order valence-electron chi connectivity index (χ1n) is 10.8. The zero-order valence-electron chi connectivity index (χ0n) is 18.8. The fourth-order valence-corrected chi connectivity index (χ4v) is 3.64. The normalized spacial score (nSPS) is 10.7. The number of carbonyl (C=O) groups excluding carboxylic acids is 2. The van der Waals surface area contributed by atoms with Crippen molar-refractivity contribution >= 4 is 40.1 Å². The van der Waals surface area contributed by atoms with Crippen LogP contribution in [0.4, 0.5) is 5.69 Å². The molecule has 0 saturated carbocycles. The monoisotopic (exact) mass is 474 g/mol. The Hall–Kier alpha value is -3.90. The summed E-state index contributed by atoms with van der Waals surface area (Å²) in [5.74, 6) is -0.331. The summed E-state index contributed by atoms with van der Waals surface area (Å²) in [6.45, 7) is 3.67. The summed E-state index contributed by atoms with van der Waals surface area (Å²) >= 11 is 6.05. The maximum absolute atomic E-state index is 12.6. The summed E-state index contributed by atoms with van der Waals surface area (Å²) in [5.41, 5.74) is 4.12. The molecule has 1 aromatic heterocycles. The number of benzene rings is 3. The van der Waals surface area contributed by atoms with Gasteiger partial charge in [-0.2, -0.15) is 0 Å². The molecule has 4 aromatic rings. The fourth-order valence-electron chi connectivity index (χ4n) is 3.47. The Morgan fingerprint density at radius 3 is 2.56 bits per heavy atom. The highest BCUT2D eigenvalue weighted by atomic mass is 35.5. The fraction of sp³-hybridized carbons (Fsp3) is 0.148. The third-order valence-corrected chi connectivity index (χ3v) is 5.42. The molecular weight excluding hydrogens is 452 g/mol. The predicted molar refractivity (Wildman–Crippen MR) is 133 cm³/mol. The lowest BCUT2D eigenvalue weighted by Gasteiger charge is -2.13. The van der Waals surface area contributed by atoms with Crippen LogP contribution in [0.1, 0.15) is 22.8 Å². The largest absolute Gasteiger partial charge is 0.483 e. The smallest absolute Gasteiger partial charge is 0.338 e. The maximum atomic E-state index is 12.6. The average molecular weight is 475 g/mol. The van der Waals surface area contributed by atoms with E-state index in [9.17, 15) is 9.59 Å². The van der Waals surface area contributed by atoms with E-state index in [1.165, 1.54) is 0 Å². The standard InChI is InChI=1S/C27H23ClN2O4/c1-3-33-27(32)19-10-12-22-21(13-19)25(15-24(29-22)18-7-5-4-6-8-18)34-16-26(31)30-23-14-20(28)11-9-17(23)2/h4-15H,3,16H2,1-2H3,(H,30,31). The summed E-state index contributed by atoms with van der Waals surface area (Å²) in [4.78, 5) is 29.6. The van der Waals surface area contributed by atoms with E-state index in [4.69, 9.17) is 26.1 Å². The topological polar surface area (TPSA) is 77.5 Å². The van der Waals surface area contributed by atoms with Crippen LogP contribution in [0.15, 0.2) is 72.8 Å². The van der Waals surface area contributed by atoms with E-state index in [2.05, 4.69) is 5.32 Å². The van der Waals surface area contributed by atoms with Gasteiger partial charge in [-0.1, -0.05) is 48.0 Å². The van der Waals surface area contributed by atoms with Crippen LogP contribution < -0.4 is 10.1 Å². The molecule has 7 heteroatoms. The Bertz CT molecular complexity index is 1360. The molecule has 0 spiro atoms. The second-order valence-electron chi connectivity index (χ2n) is 7.62. The number of nitrogens with one attached hydrogen (secondary N) is 1. The van der Waals surface area contributed by atoms with Gasteiger partial charge in [-0.25, -0.2) is 9.78 Å². The predicted octanol–water partition coefficient (Wildman–Crippen LogP) is 6.06. The lowest BCUT2D eigenvalue weighted by atomic mass is 10.1. The Labute approximate surface area is 202 Å². The molecule has 1 amide bonds. The van der Waals surface area contributed by atoms with Crippen LogP contribution in [0.5, 0.6) is 5.75 Å². The minimum Gasteiger partial charge on any atom is -0.483 e. The first kappa shape index (κ1) is 23.3. The number of rotatable bonds is 7. The highest BCUT2D eigenvalue weighted by Gasteiger charge is 2.15. The maximum Gasteiger partial charge on any atom is 0.338 e. The second-order valence-corrected chi connectivity index (χ2v) is 8.06. The number of ether oxygens (including phenoxy) is 2. The molecule has 1 N–H and O–H groups in total. The molecule has 4 rings (SSSR count). The van der Waals surface area contributed by atoms with Crippen molar-refractivity contribution in [3.8, 4) is 17.0 Å². The number of anilines is 1. The van der Waals surface area contributed by atoms with Gasteiger partial charge in [0.15, 0.2) is 6.61 Å². The molecule has 0 radical (unpaired) electrons. The lowest BCUT2D eigenvalue weighted by molar-refractivity contribution is -0.118. The molecule has 0 bridgehead atoms. The third-order valence-electron chi connectivity index (χ3n) is 5.18. The zero-order chi connectivity index (χ0) is 24.1. The Morgan fingerprint density at radius 2 is 1.79 bits per heavy atom. The Morgan fingerprint density at radius 1 is 1.00 bits per heavy atom. The highest BCUT2D eigenvalue weighted by molar-refractivity contribution is 6.31. The van der Waals surface area contributed by atoms with Crippen LogP contribution in [-0.2, 0) is 9.53 Å². The molecule has 1 heterocycles. The first-order valence-corrected chi connectivity index (χ1v) is 11.2. The minimum absolute atomic E-state index is 0.233. The number of hydrogen-bond donors (Lipinski definition) is 1. The van der Waals surface area contributed by atoms with Crippen LogP contribution >= 0.6 is 11.6 Å². The molecule has 0 atom stereocenters. The molecule has 0 aliphatic rings. The number of fused-ring (bicyclic) bond motifs is 1. The van der Waals surface area contributed by atoms with Crippen LogP contribution in [-0.4, -0.2) is 30.1 Å². The van der Waals surface area contributed by atoms with Crippen LogP contribution in [0.2, 0.25) is 5.02 Å². The quantitative estimate of drug-likeness (QED) is 0.329. The molecular formula is C27H23ClN2O4. The van der Waals surface area contributed by atoms with Gasteiger partial charge in [-0.15, -0.1) is 0 Å². The van der Waals surface area contributed by atoms with Crippen molar-refractivity contribution < 1.29 is 19.1 Å². The van der Waals surface area contributed by atoms with Gasteiger partial charge in [0.1, 0.15) is 5.75 Å². The third kappa shape index (κ3) is 5.35. The SMILES string of the molecule is CCOC(=O)c1ccc2nc(-c3ccccc3)cc(OCC(=O)Nc3cc(Cl)ccc3C)c2c1. The lowest BCUT2D eigenvalue weighted by Crippen LogP contribution is -2.20. The number of carbonyl (C=O) groups is 2. The van der Waals surface area contributed by atoms with E-state index in [-0.39, 0.29) is 19.1 Å². The van der Waals surface area contributed by atoms with E-state index in [1.54, 1.807) is 43.3 Å². The molecule has 3 aromatic carbocycles. The number of esters is 1. The summed E-state index contributed by atoms with van der Waals surface area (Å²) in [6.07, 6.45) is 0. The van der Waals surface area contributed by atoms with Gasteiger partial charge in [0.05, 0.1) is 23.4 Å². The highest BCUT2D eigenvalue weighted by Crippen LogP contribution is 2.31. The molecule has 0 aliphatic carbocycles. The van der Waals surface area contributed by atoms with Gasteiger partial charge in [-0.05, 0) is 49.7 Å². The van der Waals surface area contributed by atoms with E-state index < -0.39 is 5.97 Å².